The van der Waals surface area contributed by atoms with Crippen molar-refractivity contribution in [3.8, 4) is 11.3 Å². The molecule has 4 N–H and O–H groups in total. The second kappa shape index (κ2) is 9.53. The molecule has 0 aliphatic rings. The largest absolute Gasteiger partial charge is 0.384 e. The van der Waals surface area contributed by atoms with Gasteiger partial charge in [0.1, 0.15) is 22.8 Å². The number of benzene rings is 1. The van der Waals surface area contributed by atoms with Gasteiger partial charge in [-0.25, -0.2) is 9.97 Å². The van der Waals surface area contributed by atoms with Gasteiger partial charge in [0.15, 0.2) is 0 Å². The lowest BCUT2D eigenvalue weighted by Crippen LogP contribution is -2.30. The molecule has 0 bridgehead atoms. The fourth-order valence-electron chi connectivity index (χ4n) is 3.76. The minimum atomic E-state index is -0.529. The monoisotopic (exact) mass is 456 g/mol. The highest BCUT2D eigenvalue weighted by atomic mass is 16.2. The number of rotatable bonds is 6. The zero-order chi connectivity index (χ0) is 24.2. The Kier molecular flexibility index (Phi) is 6.35. The van der Waals surface area contributed by atoms with Crippen molar-refractivity contribution in [1.29, 1.82) is 0 Å². The predicted octanol–water partition coefficient (Wildman–Crippen LogP) is 2.60. The molecule has 0 saturated heterocycles. The van der Waals surface area contributed by atoms with Crippen LogP contribution in [0.15, 0.2) is 65.6 Å². The minimum absolute atomic E-state index is 0.0817. The number of hydrogen-bond donors (Lipinski definition) is 3. The highest BCUT2D eigenvalue weighted by Gasteiger charge is 2.20. The Morgan fingerprint density at radius 1 is 1.06 bits per heavy atom. The third kappa shape index (κ3) is 4.36. The van der Waals surface area contributed by atoms with E-state index in [-0.39, 0.29) is 23.7 Å². The zero-order valence-electron chi connectivity index (χ0n) is 18.8. The van der Waals surface area contributed by atoms with Crippen molar-refractivity contribution >= 4 is 34.5 Å². The molecule has 0 atom stereocenters. The number of amides is 2. The molecular formula is C25H24N6O3. The molecule has 4 rings (SSSR count). The molecule has 0 aliphatic carbocycles. The lowest BCUT2D eigenvalue weighted by Gasteiger charge is -2.15. The lowest BCUT2D eigenvalue weighted by molar-refractivity contribution is -0.115. The van der Waals surface area contributed by atoms with E-state index >= 15 is 0 Å². The van der Waals surface area contributed by atoms with Crippen molar-refractivity contribution in [3.63, 3.8) is 0 Å². The van der Waals surface area contributed by atoms with Crippen LogP contribution in [0.1, 0.15) is 22.8 Å². The van der Waals surface area contributed by atoms with Crippen LogP contribution in [0.2, 0.25) is 0 Å². The molecule has 4 aromatic rings. The second-order valence-corrected chi connectivity index (χ2v) is 7.62. The molecule has 1 aromatic carbocycles. The summed E-state index contributed by atoms with van der Waals surface area (Å²) in [5.74, 6) is -0.105. The van der Waals surface area contributed by atoms with Gasteiger partial charge >= 0.3 is 0 Å². The number of aromatic nitrogens is 3. The number of nitrogens with zero attached hydrogens (tertiary/aromatic N) is 3. The van der Waals surface area contributed by atoms with E-state index in [1.54, 1.807) is 41.1 Å². The minimum Gasteiger partial charge on any atom is -0.384 e. The summed E-state index contributed by atoms with van der Waals surface area (Å²) >= 11 is 0. The van der Waals surface area contributed by atoms with Gasteiger partial charge in [0.05, 0.1) is 17.5 Å². The summed E-state index contributed by atoms with van der Waals surface area (Å²) in [6, 6.07) is 16.2. The Labute approximate surface area is 195 Å². The summed E-state index contributed by atoms with van der Waals surface area (Å²) in [6.45, 7) is 2.31. The first-order valence-corrected chi connectivity index (χ1v) is 10.8. The molecule has 0 fully saturated rings. The number of anilines is 2. The van der Waals surface area contributed by atoms with Gasteiger partial charge in [-0.3, -0.25) is 14.4 Å². The van der Waals surface area contributed by atoms with Gasteiger partial charge in [-0.1, -0.05) is 30.3 Å². The van der Waals surface area contributed by atoms with Gasteiger partial charge < -0.3 is 20.9 Å². The van der Waals surface area contributed by atoms with Crippen LogP contribution in [0.5, 0.6) is 0 Å². The quantitative estimate of drug-likeness (QED) is 0.409. The van der Waals surface area contributed by atoms with Crippen molar-refractivity contribution in [2.75, 3.05) is 18.1 Å². The van der Waals surface area contributed by atoms with Crippen LogP contribution in [0.25, 0.3) is 22.3 Å². The number of fused-ring (bicyclic) bond motifs is 1. The van der Waals surface area contributed by atoms with Gasteiger partial charge in [0.25, 0.3) is 5.91 Å². The van der Waals surface area contributed by atoms with Crippen LogP contribution in [0.4, 0.5) is 11.6 Å². The molecule has 2 amide bonds. The number of nitrogen functional groups attached to an aromatic ring is 1. The maximum absolute atomic E-state index is 12.9. The van der Waals surface area contributed by atoms with Crippen molar-refractivity contribution < 1.29 is 9.59 Å². The first-order chi connectivity index (χ1) is 16.4. The summed E-state index contributed by atoms with van der Waals surface area (Å²) in [5.41, 5.74) is 8.34. The molecule has 9 nitrogen and oxygen atoms in total. The smallest absolute Gasteiger partial charge is 0.258 e. The van der Waals surface area contributed by atoms with Crippen LogP contribution < -0.4 is 21.8 Å². The topological polar surface area (TPSA) is 132 Å². The Morgan fingerprint density at radius 3 is 2.47 bits per heavy atom. The number of nitrogens with two attached hydrogens (primary N) is 1. The average Bonchev–Trinajstić information content (AvgIpc) is 2.85. The molecule has 0 saturated carbocycles. The Morgan fingerprint density at radius 2 is 1.82 bits per heavy atom. The van der Waals surface area contributed by atoms with Gasteiger partial charge in [0, 0.05) is 25.4 Å². The third-order valence-corrected chi connectivity index (χ3v) is 5.47. The molecule has 0 unspecified atom stereocenters. The van der Waals surface area contributed by atoms with Gasteiger partial charge in [0.2, 0.25) is 11.3 Å². The predicted molar refractivity (Wildman–Crippen MR) is 131 cm³/mol. The fraction of sp³-hybridized carbons (Fsp3) is 0.160. The van der Waals surface area contributed by atoms with Crippen molar-refractivity contribution in [2.24, 2.45) is 0 Å². The highest BCUT2D eigenvalue weighted by molar-refractivity contribution is 6.01. The Bertz CT molecular complexity index is 1430. The summed E-state index contributed by atoms with van der Waals surface area (Å²) in [7, 11) is 1.45. The third-order valence-electron chi connectivity index (χ3n) is 5.47. The highest BCUT2D eigenvalue weighted by Crippen LogP contribution is 2.23. The number of carbonyl (C=O) groups is 2. The zero-order valence-corrected chi connectivity index (χ0v) is 18.8. The number of carbonyl (C=O) groups excluding carboxylic acids is 2. The second-order valence-electron chi connectivity index (χ2n) is 7.62. The molecule has 9 heteroatoms. The van der Waals surface area contributed by atoms with E-state index in [0.717, 1.165) is 11.1 Å². The molecule has 34 heavy (non-hydrogen) atoms. The van der Waals surface area contributed by atoms with Crippen LogP contribution >= 0.6 is 0 Å². The molecule has 0 aliphatic heterocycles. The lowest BCUT2D eigenvalue weighted by atomic mass is 10.1. The summed E-state index contributed by atoms with van der Waals surface area (Å²) in [5, 5.41) is 5.55. The number of pyridine rings is 3. The van der Waals surface area contributed by atoms with Crippen molar-refractivity contribution in [1.82, 2.24) is 19.9 Å². The normalized spacial score (nSPS) is 10.8. The molecular weight excluding hydrogens is 432 g/mol. The SMILES string of the molecule is CCn1c(N)c(C(=O)NC)c(=O)c2ccc(-c3ccc(CC(=O)Nc4ccccn4)cc3)nc21. The van der Waals surface area contributed by atoms with Crippen molar-refractivity contribution in [2.45, 2.75) is 19.9 Å². The molecule has 3 aromatic heterocycles. The van der Waals surface area contributed by atoms with Crippen LogP contribution in [-0.4, -0.2) is 33.4 Å². The maximum atomic E-state index is 12.9. The van der Waals surface area contributed by atoms with Gasteiger partial charge in [-0.2, -0.15) is 0 Å². The van der Waals surface area contributed by atoms with Gasteiger partial charge in [-0.05, 0) is 36.8 Å². The summed E-state index contributed by atoms with van der Waals surface area (Å²) < 4.78 is 1.65. The maximum Gasteiger partial charge on any atom is 0.258 e. The molecule has 3 heterocycles. The Hall–Kier alpha value is -4.53. The summed E-state index contributed by atoms with van der Waals surface area (Å²) in [6.07, 6.45) is 1.82. The van der Waals surface area contributed by atoms with Crippen LogP contribution in [0.3, 0.4) is 0 Å². The van der Waals surface area contributed by atoms with E-state index in [4.69, 9.17) is 5.73 Å². The molecule has 172 valence electrons. The fourth-order valence-corrected chi connectivity index (χ4v) is 3.76. The Balaban J connectivity index is 1.63. The van der Waals surface area contributed by atoms with E-state index in [9.17, 15) is 14.4 Å². The molecule has 0 radical (unpaired) electrons. The van der Waals surface area contributed by atoms with Gasteiger partial charge in [-0.15, -0.1) is 0 Å². The van der Waals surface area contributed by atoms with E-state index in [2.05, 4.69) is 20.6 Å². The van der Waals surface area contributed by atoms with E-state index in [0.29, 0.717) is 29.1 Å². The van der Waals surface area contributed by atoms with Crippen molar-refractivity contribution in [3.05, 3.63) is 82.1 Å². The van der Waals surface area contributed by atoms with E-state index in [1.807, 2.05) is 31.2 Å². The first-order valence-electron chi connectivity index (χ1n) is 10.8. The summed E-state index contributed by atoms with van der Waals surface area (Å²) in [4.78, 5) is 46.2. The van der Waals surface area contributed by atoms with Crippen LogP contribution in [0, 0.1) is 0 Å². The number of aryl methyl sites for hydroxylation is 1. The first kappa shape index (κ1) is 22.7. The number of hydrogen-bond acceptors (Lipinski definition) is 6. The standard InChI is InChI=1S/C25H24N6O3/c1-3-31-23(26)21(25(34)27-2)22(33)17-11-12-18(29-24(17)31)16-9-7-15(8-10-16)14-20(32)30-19-6-4-5-13-28-19/h4-13H,3,14,26H2,1-2H3,(H,27,34)(H,28,30,32). The number of nitrogens with one attached hydrogen (secondary N) is 2. The van der Waals surface area contributed by atoms with E-state index in [1.165, 1.54) is 7.05 Å². The van der Waals surface area contributed by atoms with Crippen LogP contribution in [-0.2, 0) is 17.8 Å². The molecule has 0 spiro atoms. The average molecular weight is 457 g/mol. The van der Waals surface area contributed by atoms with E-state index < -0.39 is 11.3 Å².